The fourth-order valence-corrected chi connectivity index (χ4v) is 3.50. The molecule has 6 nitrogen and oxygen atoms in total. The molecule has 3 heterocycles. The second-order valence-corrected chi connectivity index (χ2v) is 6.90. The molecule has 0 radical (unpaired) electrons. The third-order valence-electron chi connectivity index (χ3n) is 4.85. The van der Waals surface area contributed by atoms with Crippen molar-refractivity contribution in [2.75, 3.05) is 13.1 Å². The van der Waals surface area contributed by atoms with E-state index in [1.807, 2.05) is 34.8 Å². The van der Waals surface area contributed by atoms with Crippen molar-refractivity contribution in [3.63, 3.8) is 0 Å². The van der Waals surface area contributed by atoms with Crippen LogP contribution in [-0.2, 0) is 17.8 Å². The molecule has 134 valence electrons. The second-order valence-electron chi connectivity index (χ2n) is 6.90. The minimum absolute atomic E-state index is 0.178. The summed E-state index contributed by atoms with van der Waals surface area (Å²) in [5.74, 6) is 1.63. The van der Waals surface area contributed by atoms with Crippen molar-refractivity contribution in [2.24, 2.45) is 5.92 Å². The van der Waals surface area contributed by atoms with Crippen LogP contribution in [0.4, 0.5) is 0 Å². The minimum atomic E-state index is 0.178. The molecular weight excluding hydrogens is 314 g/mol. The van der Waals surface area contributed by atoms with E-state index >= 15 is 0 Å². The summed E-state index contributed by atoms with van der Waals surface area (Å²) in [4.78, 5) is 22.9. The van der Waals surface area contributed by atoms with E-state index in [0.29, 0.717) is 5.92 Å². The molecule has 1 saturated heterocycles. The van der Waals surface area contributed by atoms with Crippen LogP contribution in [0.2, 0.25) is 0 Å². The largest absolute Gasteiger partial charge is 0.343 e. The Labute approximate surface area is 149 Å². The van der Waals surface area contributed by atoms with Gasteiger partial charge in [0.2, 0.25) is 5.91 Å². The van der Waals surface area contributed by atoms with Crippen molar-refractivity contribution in [3.05, 3.63) is 29.8 Å². The van der Waals surface area contributed by atoms with Gasteiger partial charge in [0, 0.05) is 44.9 Å². The molecule has 1 fully saturated rings. The number of nitrogens with zero attached hydrogens (tertiary/aromatic N) is 5. The lowest BCUT2D eigenvalue weighted by atomic mass is 9.93. The molecule has 0 unspecified atom stereocenters. The number of amides is 1. The molecule has 0 aromatic carbocycles. The smallest absolute Gasteiger partial charge is 0.219 e. The van der Waals surface area contributed by atoms with Crippen LogP contribution in [0.25, 0.3) is 11.4 Å². The molecule has 6 heteroatoms. The Morgan fingerprint density at radius 2 is 2.04 bits per heavy atom. The first-order valence-electron chi connectivity index (χ1n) is 9.19. The molecule has 0 N–H and O–H groups in total. The van der Waals surface area contributed by atoms with E-state index < -0.39 is 0 Å². The summed E-state index contributed by atoms with van der Waals surface area (Å²) >= 11 is 0. The fourth-order valence-electron chi connectivity index (χ4n) is 3.50. The molecule has 1 aliphatic rings. The van der Waals surface area contributed by atoms with Crippen molar-refractivity contribution in [1.29, 1.82) is 0 Å². The summed E-state index contributed by atoms with van der Waals surface area (Å²) in [6.07, 6.45) is 5.81. The van der Waals surface area contributed by atoms with E-state index in [0.717, 1.165) is 68.2 Å². The van der Waals surface area contributed by atoms with E-state index in [9.17, 15) is 4.79 Å². The van der Waals surface area contributed by atoms with Crippen LogP contribution in [0.3, 0.4) is 0 Å². The van der Waals surface area contributed by atoms with E-state index in [2.05, 4.69) is 17.0 Å². The van der Waals surface area contributed by atoms with Crippen LogP contribution in [0.15, 0.2) is 18.3 Å². The first kappa shape index (κ1) is 17.6. The third kappa shape index (κ3) is 4.24. The average Bonchev–Trinajstić information content (AvgIpc) is 3.03. The normalized spacial score (nSPS) is 15.6. The van der Waals surface area contributed by atoms with Gasteiger partial charge in [-0.05, 0) is 44.2 Å². The Morgan fingerprint density at radius 3 is 2.72 bits per heavy atom. The van der Waals surface area contributed by atoms with Crippen LogP contribution in [0.1, 0.15) is 44.6 Å². The quantitative estimate of drug-likeness (QED) is 0.839. The van der Waals surface area contributed by atoms with E-state index in [-0.39, 0.29) is 5.91 Å². The molecule has 2 aromatic heterocycles. The Balaban J connectivity index is 1.74. The maximum absolute atomic E-state index is 11.5. The zero-order chi connectivity index (χ0) is 17.8. The van der Waals surface area contributed by atoms with Crippen LogP contribution in [-0.4, -0.2) is 43.6 Å². The number of likely N-dealkylation sites (tertiary alicyclic amines) is 1. The van der Waals surface area contributed by atoms with E-state index in [1.165, 1.54) is 0 Å². The highest BCUT2D eigenvalue weighted by atomic mass is 16.2. The van der Waals surface area contributed by atoms with Gasteiger partial charge in [-0.25, -0.2) is 9.97 Å². The zero-order valence-electron chi connectivity index (χ0n) is 15.4. The van der Waals surface area contributed by atoms with Crippen LogP contribution >= 0.6 is 0 Å². The van der Waals surface area contributed by atoms with E-state index in [4.69, 9.17) is 4.98 Å². The predicted octanol–water partition coefficient (Wildman–Crippen LogP) is 2.86. The zero-order valence-corrected chi connectivity index (χ0v) is 15.4. The highest BCUT2D eigenvalue weighted by Crippen LogP contribution is 2.23. The number of aryl methyl sites for hydroxylation is 2. The minimum Gasteiger partial charge on any atom is -0.343 e. The summed E-state index contributed by atoms with van der Waals surface area (Å²) in [5.41, 5.74) is 3.00. The van der Waals surface area contributed by atoms with Crippen molar-refractivity contribution in [2.45, 2.75) is 53.0 Å². The maximum Gasteiger partial charge on any atom is 0.219 e. The topological polar surface area (TPSA) is 63.9 Å². The van der Waals surface area contributed by atoms with Gasteiger partial charge in [-0.3, -0.25) is 9.48 Å². The van der Waals surface area contributed by atoms with E-state index in [1.54, 1.807) is 6.92 Å². The van der Waals surface area contributed by atoms with Gasteiger partial charge in [-0.15, -0.1) is 0 Å². The Hall–Kier alpha value is -2.24. The van der Waals surface area contributed by atoms with Crippen LogP contribution < -0.4 is 0 Å². The van der Waals surface area contributed by atoms with Crippen LogP contribution in [0, 0.1) is 12.8 Å². The van der Waals surface area contributed by atoms with Crippen molar-refractivity contribution in [1.82, 2.24) is 24.6 Å². The average molecular weight is 341 g/mol. The number of carbonyl (C=O) groups is 1. The van der Waals surface area contributed by atoms with Gasteiger partial charge < -0.3 is 4.90 Å². The third-order valence-corrected chi connectivity index (χ3v) is 4.85. The number of hydrogen-bond acceptors (Lipinski definition) is 4. The summed E-state index contributed by atoms with van der Waals surface area (Å²) in [7, 11) is 0. The molecule has 3 rings (SSSR count). The summed E-state index contributed by atoms with van der Waals surface area (Å²) in [6, 6.07) is 4.05. The number of carbonyl (C=O) groups excluding carboxylic acids is 1. The molecule has 2 aromatic rings. The van der Waals surface area contributed by atoms with Crippen molar-refractivity contribution >= 4 is 5.91 Å². The second kappa shape index (κ2) is 7.76. The molecular formula is C19H27N5O. The van der Waals surface area contributed by atoms with Crippen molar-refractivity contribution in [3.8, 4) is 11.4 Å². The SMILES string of the molecule is CCCn1nccc1-c1cc(C)nc(CC2CCN(C(C)=O)CC2)n1. The van der Waals surface area contributed by atoms with Gasteiger partial charge in [0.25, 0.3) is 0 Å². The predicted molar refractivity (Wildman–Crippen MR) is 97.0 cm³/mol. The Morgan fingerprint density at radius 1 is 1.28 bits per heavy atom. The van der Waals surface area contributed by atoms with Gasteiger partial charge in [-0.1, -0.05) is 6.92 Å². The van der Waals surface area contributed by atoms with Gasteiger partial charge in [-0.2, -0.15) is 5.10 Å². The lowest BCUT2D eigenvalue weighted by Gasteiger charge is -2.31. The van der Waals surface area contributed by atoms with Crippen LogP contribution in [0.5, 0.6) is 0 Å². The lowest BCUT2D eigenvalue weighted by molar-refractivity contribution is -0.130. The summed E-state index contributed by atoms with van der Waals surface area (Å²) < 4.78 is 2.01. The highest BCUT2D eigenvalue weighted by molar-refractivity contribution is 5.73. The summed E-state index contributed by atoms with van der Waals surface area (Å²) in [5, 5.41) is 4.40. The number of piperidine rings is 1. The standard InChI is InChI=1S/C19H27N5O/c1-4-9-24-18(5-8-20-24)17-12-14(2)21-19(22-17)13-16-6-10-23(11-7-16)15(3)25/h5,8,12,16H,4,6-7,9-11,13H2,1-3H3. The number of aromatic nitrogens is 4. The molecule has 1 aliphatic heterocycles. The first-order chi connectivity index (χ1) is 12.1. The molecule has 0 spiro atoms. The molecule has 0 bridgehead atoms. The summed E-state index contributed by atoms with van der Waals surface area (Å²) in [6.45, 7) is 8.41. The number of hydrogen-bond donors (Lipinski definition) is 0. The Kier molecular flexibility index (Phi) is 5.46. The first-order valence-corrected chi connectivity index (χ1v) is 9.19. The molecule has 25 heavy (non-hydrogen) atoms. The Bertz CT molecular complexity index is 731. The van der Waals surface area contributed by atoms with Gasteiger partial charge >= 0.3 is 0 Å². The number of rotatable bonds is 5. The highest BCUT2D eigenvalue weighted by Gasteiger charge is 2.22. The van der Waals surface area contributed by atoms with Crippen molar-refractivity contribution < 1.29 is 4.79 Å². The molecule has 0 atom stereocenters. The van der Waals surface area contributed by atoms with Gasteiger partial charge in [0.15, 0.2) is 0 Å². The lowest BCUT2D eigenvalue weighted by Crippen LogP contribution is -2.37. The van der Waals surface area contributed by atoms with Gasteiger partial charge in [0.1, 0.15) is 5.82 Å². The van der Waals surface area contributed by atoms with Gasteiger partial charge in [0.05, 0.1) is 11.4 Å². The molecule has 0 saturated carbocycles. The molecule has 0 aliphatic carbocycles. The monoisotopic (exact) mass is 341 g/mol. The fraction of sp³-hybridized carbons (Fsp3) is 0.579. The molecule has 1 amide bonds. The maximum atomic E-state index is 11.5.